The monoisotopic (exact) mass is 127 g/mol. The van der Waals surface area contributed by atoms with Crippen LogP contribution >= 0.6 is 0 Å². The number of nitrogens with one attached hydrogen (secondary N) is 2. The Morgan fingerprint density at radius 3 is 3.11 bits per heavy atom. The average molecular weight is 127 g/mol. The molecule has 0 amide bonds. The van der Waals surface area contributed by atoms with E-state index in [2.05, 4.69) is 22.5 Å². The Labute approximate surface area is 55.4 Å². The van der Waals surface area contributed by atoms with Gasteiger partial charge >= 0.3 is 0 Å². The molecule has 9 heavy (non-hydrogen) atoms. The number of nitrogens with zero attached hydrogens (tertiary/aromatic N) is 1. The lowest BCUT2D eigenvalue weighted by molar-refractivity contribution is 0.318. The van der Waals surface area contributed by atoms with Crippen molar-refractivity contribution in [2.24, 2.45) is 0 Å². The molecule has 0 bridgehead atoms. The molecule has 2 fully saturated rings. The van der Waals surface area contributed by atoms with Gasteiger partial charge in [-0.05, 0) is 6.92 Å². The lowest BCUT2D eigenvalue weighted by Gasteiger charge is -2.12. The summed E-state index contributed by atoms with van der Waals surface area (Å²) in [5, 5.41) is 6.75. The van der Waals surface area contributed by atoms with Crippen molar-refractivity contribution >= 4 is 0 Å². The van der Waals surface area contributed by atoms with Gasteiger partial charge in [0.1, 0.15) is 0 Å². The zero-order valence-corrected chi connectivity index (χ0v) is 5.72. The summed E-state index contributed by atoms with van der Waals surface area (Å²) in [6, 6.07) is 1.44. The molecule has 2 atom stereocenters. The molecule has 2 rings (SSSR count). The standard InChI is InChI=1S/C6H13N3/c1-5-6-2-7-3-9(6)4-8-5/h5-8H,2-4H2,1H3. The van der Waals surface area contributed by atoms with Crippen LogP contribution in [0.25, 0.3) is 0 Å². The number of hydrogen-bond donors (Lipinski definition) is 2. The van der Waals surface area contributed by atoms with E-state index in [9.17, 15) is 0 Å². The first-order valence-electron chi connectivity index (χ1n) is 3.56. The lowest BCUT2D eigenvalue weighted by atomic mass is 10.2. The van der Waals surface area contributed by atoms with Gasteiger partial charge in [0, 0.05) is 32.0 Å². The molecule has 2 heterocycles. The van der Waals surface area contributed by atoms with Crippen molar-refractivity contribution in [3.8, 4) is 0 Å². The van der Waals surface area contributed by atoms with Crippen molar-refractivity contribution in [3.05, 3.63) is 0 Å². The minimum absolute atomic E-state index is 0.681. The van der Waals surface area contributed by atoms with Crippen molar-refractivity contribution in [1.82, 2.24) is 15.5 Å². The zero-order valence-electron chi connectivity index (χ0n) is 5.72. The summed E-state index contributed by atoms with van der Waals surface area (Å²) in [5.41, 5.74) is 0. The van der Waals surface area contributed by atoms with Crippen LogP contribution in [0.4, 0.5) is 0 Å². The lowest BCUT2D eigenvalue weighted by Crippen LogP contribution is -2.31. The molecule has 2 aliphatic rings. The Bertz CT molecular complexity index is 115. The Balaban J connectivity index is 2.07. The molecular formula is C6H13N3. The highest BCUT2D eigenvalue weighted by Gasteiger charge is 2.33. The van der Waals surface area contributed by atoms with E-state index in [1.807, 2.05) is 0 Å². The molecular weight excluding hydrogens is 114 g/mol. The van der Waals surface area contributed by atoms with E-state index in [1.54, 1.807) is 0 Å². The van der Waals surface area contributed by atoms with E-state index in [4.69, 9.17) is 0 Å². The maximum atomic E-state index is 3.41. The first kappa shape index (κ1) is 5.65. The second-order valence-corrected chi connectivity index (χ2v) is 2.92. The summed E-state index contributed by atoms with van der Waals surface area (Å²) in [6.07, 6.45) is 0. The second kappa shape index (κ2) is 1.94. The molecule has 2 unspecified atom stereocenters. The Morgan fingerprint density at radius 1 is 1.44 bits per heavy atom. The van der Waals surface area contributed by atoms with E-state index in [1.165, 1.54) is 0 Å². The molecule has 2 saturated heterocycles. The van der Waals surface area contributed by atoms with E-state index in [0.717, 1.165) is 25.9 Å². The van der Waals surface area contributed by atoms with Gasteiger partial charge in [-0.25, -0.2) is 0 Å². The Hall–Kier alpha value is -0.120. The zero-order chi connectivity index (χ0) is 6.27. The van der Waals surface area contributed by atoms with Gasteiger partial charge in [0.2, 0.25) is 0 Å². The normalized spacial score (nSPS) is 43.7. The molecule has 52 valence electrons. The van der Waals surface area contributed by atoms with Crippen LogP contribution in [0.3, 0.4) is 0 Å². The predicted octanol–water partition coefficient (Wildman–Crippen LogP) is -0.833. The van der Waals surface area contributed by atoms with Crippen LogP contribution in [0.5, 0.6) is 0 Å². The largest absolute Gasteiger partial charge is 0.303 e. The minimum Gasteiger partial charge on any atom is -0.303 e. The summed E-state index contributed by atoms with van der Waals surface area (Å²) in [4.78, 5) is 2.44. The van der Waals surface area contributed by atoms with Gasteiger partial charge in [-0.3, -0.25) is 4.90 Å². The highest BCUT2D eigenvalue weighted by Crippen LogP contribution is 2.12. The smallest absolute Gasteiger partial charge is 0.0499 e. The number of hydrogen-bond acceptors (Lipinski definition) is 3. The van der Waals surface area contributed by atoms with Gasteiger partial charge in [-0.1, -0.05) is 0 Å². The van der Waals surface area contributed by atoms with E-state index >= 15 is 0 Å². The highest BCUT2D eigenvalue weighted by molar-refractivity contribution is 4.92. The van der Waals surface area contributed by atoms with Crippen molar-refractivity contribution in [2.45, 2.75) is 19.0 Å². The van der Waals surface area contributed by atoms with Crippen molar-refractivity contribution in [2.75, 3.05) is 19.9 Å². The van der Waals surface area contributed by atoms with Crippen molar-refractivity contribution in [3.63, 3.8) is 0 Å². The molecule has 0 aromatic carbocycles. The summed E-state index contributed by atoms with van der Waals surface area (Å²) in [7, 11) is 0. The van der Waals surface area contributed by atoms with Gasteiger partial charge < -0.3 is 10.6 Å². The van der Waals surface area contributed by atoms with E-state index in [0.29, 0.717) is 6.04 Å². The van der Waals surface area contributed by atoms with Crippen LogP contribution in [0.1, 0.15) is 6.92 Å². The van der Waals surface area contributed by atoms with Crippen LogP contribution in [0, 0.1) is 0 Å². The molecule has 2 N–H and O–H groups in total. The van der Waals surface area contributed by atoms with Crippen LogP contribution in [-0.2, 0) is 0 Å². The summed E-state index contributed by atoms with van der Waals surface area (Å²) in [6.45, 7) is 5.55. The Kier molecular flexibility index (Phi) is 1.22. The summed E-state index contributed by atoms with van der Waals surface area (Å²) in [5.74, 6) is 0. The second-order valence-electron chi connectivity index (χ2n) is 2.92. The first-order valence-corrected chi connectivity index (χ1v) is 3.56. The van der Waals surface area contributed by atoms with Crippen LogP contribution in [0.2, 0.25) is 0 Å². The summed E-state index contributed by atoms with van der Waals surface area (Å²) >= 11 is 0. The van der Waals surface area contributed by atoms with Crippen LogP contribution < -0.4 is 10.6 Å². The van der Waals surface area contributed by atoms with Crippen molar-refractivity contribution < 1.29 is 0 Å². The van der Waals surface area contributed by atoms with Gasteiger partial charge in [-0.15, -0.1) is 0 Å². The molecule has 3 nitrogen and oxygen atoms in total. The fourth-order valence-electron chi connectivity index (χ4n) is 1.67. The van der Waals surface area contributed by atoms with Gasteiger partial charge in [0.15, 0.2) is 0 Å². The fourth-order valence-corrected chi connectivity index (χ4v) is 1.67. The van der Waals surface area contributed by atoms with Crippen molar-refractivity contribution in [1.29, 1.82) is 0 Å². The summed E-state index contributed by atoms with van der Waals surface area (Å²) < 4.78 is 0. The quantitative estimate of drug-likeness (QED) is 0.444. The molecule has 3 heteroatoms. The predicted molar refractivity (Wildman–Crippen MR) is 36.0 cm³/mol. The van der Waals surface area contributed by atoms with Gasteiger partial charge in [0.25, 0.3) is 0 Å². The maximum absolute atomic E-state index is 3.41. The first-order chi connectivity index (χ1) is 4.38. The molecule has 0 aromatic rings. The molecule has 0 aliphatic carbocycles. The number of fused-ring (bicyclic) bond motifs is 1. The van der Waals surface area contributed by atoms with E-state index < -0.39 is 0 Å². The highest BCUT2D eigenvalue weighted by atomic mass is 15.4. The molecule has 2 aliphatic heterocycles. The molecule has 0 radical (unpaired) electrons. The maximum Gasteiger partial charge on any atom is 0.0499 e. The Morgan fingerprint density at radius 2 is 2.33 bits per heavy atom. The average Bonchev–Trinajstić information content (AvgIpc) is 2.35. The molecule has 0 saturated carbocycles. The third-order valence-electron chi connectivity index (χ3n) is 2.33. The van der Waals surface area contributed by atoms with Gasteiger partial charge in [-0.2, -0.15) is 0 Å². The topological polar surface area (TPSA) is 27.3 Å². The molecule has 0 aromatic heterocycles. The fraction of sp³-hybridized carbons (Fsp3) is 1.00. The third-order valence-corrected chi connectivity index (χ3v) is 2.33. The third kappa shape index (κ3) is 0.764. The van der Waals surface area contributed by atoms with Gasteiger partial charge in [0.05, 0.1) is 0 Å². The SMILES string of the molecule is CC1NCN2CNCC12. The van der Waals surface area contributed by atoms with E-state index in [-0.39, 0.29) is 0 Å². The van der Waals surface area contributed by atoms with Crippen LogP contribution in [0.15, 0.2) is 0 Å². The number of rotatable bonds is 0. The van der Waals surface area contributed by atoms with Crippen LogP contribution in [-0.4, -0.2) is 36.9 Å². The minimum atomic E-state index is 0.681. The molecule has 0 spiro atoms.